The molecule has 0 radical (unpaired) electrons. The maximum atomic E-state index is 11.7. The molecule has 0 aliphatic heterocycles. The molecule has 3 N–H and O–H groups in total. The lowest BCUT2D eigenvalue weighted by molar-refractivity contribution is -0.120. The molecule has 2 rings (SSSR count). The van der Waals surface area contributed by atoms with E-state index in [-0.39, 0.29) is 5.91 Å². The van der Waals surface area contributed by atoms with Crippen LogP contribution in [0.1, 0.15) is 63.5 Å². The molecular formula is C15H26N4O. The normalized spacial score (nSPS) is 18.6. The standard InChI is InChI=1S/C15H26N4O/c1-2-9-19-11-12(10-17-19)14(15(16)20)18-13-7-5-3-4-6-8-13/h10-11,13-14,18H,2-9H2,1H3,(H2,16,20). The highest BCUT2D eigenvalue weighted by Gasteiger charge is 2.23. The minimum absolute atomic E-state index is 0.315. The van der Waals surface area contributed by atoms with Crippen molar-refractivity contribution in [2.24, 2.45) is 5.73 Å². The van der Waals surface area contributed by atoms with Gasteiger partial charge >= 0.3 is 0 Å². The summed E-state index contributed by atoms with van der Waals surface area (Å²) in [5, 5.41) is 7.73. The van der Waals surface area contributed by atoms with Gasteiger partial charge in [-0.2, -0.15) is 5.10 Å². The molecule has 5 heteroatoms. The molecule has 1 fully saturated rings. The third-order valence-corrected chi connectivity index (χ3v) is 3.98. The molecule has 1 aliphatic carbocycles. The van der Waals surface area contributed by atoms with E-state index in [0.29, 0.717) is 6.04 Å². The lowest BCUT2D eigenvalue weighted by atomic mass is 10.0. The fourth-order valence-corrected chi connectivity index (χ4v) is 2.90. The lowest BCUT2D eigenvalue weighted by Gasteiger charge is -2.22. The number of primary amides is 1. The average Bonchev–Trinajstić information content (AvgIpc) is 2.72. The zero-order valence-corrected chi connectivity index (χ0v) is 12.3. The van der Waals surface area contributed by atoms with Crippen molar-refractivity contribution in [3.8, 4) is 0 Å². The van der Waals surface area contributed by atoms with Gasteiger partial charge in [-0.25, -0.2) is 0 Å². The van der Waals surface area contributed by atoms with Crippen LogP contribution in [0.15, 0.2) is 12.4 Å². The molecule has 0 spiro atoms. The summed E-state index contributed by atoms with van der Waals surface area (Å²) in [7, 11) is 0. The first-order valence-electron chi connectivity index (χ1n) is 7.78. The van der Waals surface area contributed by atoms with Gasteiger partial charge in [0.25, 0.3) is 0 Å². The Labute approximate surface area is 120 Å². The average molecular weight is 278 g/mol. The van der Waals surface area contributed by atoms with E-state index in [1.165, 1.54) is 25.7 Å². The molecule has 1 saturated carbocycles. The van der Waals surface area contributed by atoms with Crippen LogP contribution in [0.4, 0.5) is 0 Å². The zero-order chi connectivity index (χ0) is 14.4. The van der Waals surface area contributed by atoms with E-state index in [0.717, 1.165) is 31.4 Å². The molecule has 0 bridgehead atoms. The van der Waals surface area contributed by atoms with E-state index in [1.807, 2.05) is 10.9 Å². The summed E-state index contributed by atoms with van der Waals surface area (Å²) in [6, 6.07) is -0.0202. The number of nitrogens with two attached hydrogens (primary N) is 1. The van der Waals surface area contributed by atoms with Crippen molar-refractivity contribution in [3.05, 3.63) is 18.0 Å². The first-order valence-corrected chi connectivity index (χ1v) is 7.78. The van der Waals surface area contributed by atoms with Gasteiger partial charge in [0.05, 0.1) is 6.20 Å². The van der Waals surface area contributed by atoms with Crippen LogP contribution in [-0.4, -0.2) is 21.7 Å². The van der Waals surface area contributed by atoms with Crippen LogP contribution in [0.5, 0.6) is 0 Å². The van der Waals surface area contributed by atoms with E-state index in [9.17, 15) is 4.79 Å². The number of nitrogens with one attached hydrogen (secondary N) is 1. The van der Waals surface area contributed by atoms with Crippen LogP contribution >= 0.6 is 0 Å². The fraction of sp³-hybridized carbons (Fsp3) is 0.733. The van der Waals surface area contributed by atoms with Crippen LogP contribution < -0.4 is 11.1 Å². The first kappa shape index (κ1) is 15.0. The Morgan fingerprint density at radius 3 is 2.75 bits per heavy atom. The van der Waals surface area contributed by atoms with Gasteiger partial charge in [-0.1, -0.05) is 32.6 Å². The molecular weight excluding hydrogens is 252 g/mol. The predicted molar refractivity (Wildman–Crippen MR) is 79.1 cm³/mol. The number of carbonyl (C=O) groups excluding carboxylic acids is 1. The number of carbonyl (C=O) groups is 1. The van der Waals surface area contributed by atoms with Crippen LogP contribution in [0, 0.1) is 0 Å². The minimum Gasteiger partial charge on any atom is -0.368 e. The molecule has 20 heavy (non-hydrogen) atoms. The summed E-state index contributed by atoms with van der Waals surface area (Å²) >= 11 is 0. The van der Waals surface area contributed by atoms with Gasteiger partial charge in [-0.05, 0) is 19.3 Å². The highest BCUT2D eigenvalue weighted by molar-refractivity contribution is 5.81. The summed E-state index contributed by atoms with van der Waals surface area (Å²) in [5.74, 6) is -0.315. The number of hydrogen-bond acceptors (Lipinski definition) is 3. The second kappa shape index (κ2) is 7.43. The first-order chi connectivity index (χ1) is 9.70. The highest BCUT2D eigenvalue weighted by Crippen LogP contribution is 2.21. The second-order valence-corrected chi connectivity index (χ2v) is 5.73. The summed E-state index contributed by atoms with van der Waals surface area (Å²) < 4.78 is 1.88. The molecule has 1 aromatic heterocycles. The monoisotopic (exact) mass is 278 g/mol. The van der Waals surface area contributed by atoms with E-state index in [4.69, 9.17) is 5.73 Å². The van der Waals surface area contributed by atoms with Crippen LogP contribution in [0.2, 0.25) is 0 Å². The molecule has 1 atom stereocenters. The molecule has 1 amide bonds. The minimum atomic E-state index is -0.413. The van der Waals surface area contributed by atoms with Crippen molar-refractivity contribution in [1.29, 1.82) is 0 Å². The van der Waals surface area contributed by atoms with E-state index >= 15 is 0 Å². The lowest BCUT2D eigenvalue weighted by Crippen LogP contribution is -2.39. The number of rotatable bonds is 6. The van der Waals surface area contributed by atoms with Crippen molar-refractivity contribution in [2.45, 2.75) is 70.5 Å². The van der Waals surface area contributed by atoms with Crippen molar-refractivity contribution in [1.82, 2.24) is 15.1 Å². The summed E-state index contributed by atoms with van der Waals surface area (Å²) in [5.41, 5.74) is 6.45. The Hall–Kier alpha value is -1.36. The summed E-state index contributed by atoms with van der Waals surface area (Å²) in [4.78, 5) is 11.7. The zero-order valence-electron chi connectivity index (χ0n) is 12.3. The topological polar surface area (TPSA) is 72.9 Å². The van der Waals surface area contributed by atoms with Crippen LogP contribution in [0.3, 0.4) is 0 Å². The number of aromatic nitrogens is 2. The Morgan fingerprint density at radius 2 is 2.15 bits per heavy atom. The Balaban J connectivity index is 2.03. The Kier molecular flexibility index (Phi) is 5.59. The molecule has 0 aromatic carbocycles. The van der Waals surface area contributed by atoms with E-state index in [1.54, 1.807) is 6.20 Å². The maximum absolute atomic E-state index is 11.7. The maximum Gasteiger partial charge on any atom is 0.239 e. The van der Waals surface area contributed by atoms with Crippen LogP contribution in [0.25, 0.3) is 0 Å². The van der Waals surface area contributed by atoms with E-state index < -0.39 is 6.04 Å². The van der Waals surface area contributed by atoms with Crippen LogP contribution in [-0.2, 0) is 11.3 Å². The number of nitrogens with zero attached hydrogens (tertiary/aromatic N) is 2. The molecule has 1 aromatic rings. The molecule has 0 saturated heterocycles. The molecule has 1 unspecified atom stereocenters. The smallest absolute Gasteiger partial charge is 0.239 e. The van der Waals surface area contributed by atoms with Crippen molar-refractivity contribution < 1.29 is 4.79 Å². The highest BCUT2D eigenvalue weighted by atomic mass is 16.1. The van der Waals surface area contributed by atoms with Gasteiger partial charge in [-0.3, -0.25) is 14.8 Å². The van der Waals surface area contributed by atoms with Gasteiger partial charge in [0.1, 0.15) is 6.04 Å². The van der Waals surface area contributed by atoms with E-state index in [2.05, 4.69) is 17.3 Å². The summed E-state index contributed by atoms with van der Waals surface area (Å²) in [6.45, 7) is 2.98. The molecule has 1 aliphatic rings. The number of amides is 1. The van der Waals surface area contributed by atoms with Gasteiger partial charge in [0.2, 0.25) is 5.91 Å². The fourth-order valence-electron chi connectivity index (χ4n) is 2.90. The number of hydrogen-bond donors (Lipinski definition) is 2. The Morgan fingerprint density at radius 1 is 1.45 bits per heavy atom. The quantitative estimate of drug-likeness (QED) is 0.783. The van der Waals surface area contributed by atoms with Crippen molar-refractivity contribution in [2.75, 3.05) is 0 Å². The predicted octanol–water partition coefficient (Wildman–Crippen LogP) is 2.13. The third kappa shape index (κ3) is 4.07. The molecule has 112 valence electrons. The largest absolute Gasteiger partial charge is 0.368 e. The van der Waals surface area contributed by atoms with Crippen molar-refractivity contribution in [3.63, 3.8) is 0 Å². The third-order valence-electron chi connectivity index (χ3n) is 3.98. The summed E-state index contributed by atoms with van der Waals surface area (Å²) in [6.07, 6.45) is 12.0. The second-order valence-electron chi connectivity index (χ2n) is 5.73. The Bertz CT molecular complexity index is 421. The van der Waals surface area contributed by atoms with Gasteiger partial charge < -0.3 is 5.73 Å². The van der Waals surface area contributed by atoms with Gasteiger partial charge in [0.15, 0.2) is 0 Å². The molecule has 1 heterocycles. The van der Waals surface area contributed by atoms with Gasteiger partial charge in [-0.15, -0.1) is 0 Å². The SMILES string of the molecule is CCCn1cc(C(NC2CCCCCC2)C(N)=O)cn1. The van der Waals surface area contributed by atoms with Crippen molar-refractivity contribution >= 4 is 5.91 Å². The van der Waals surface area contributed by atoms with Gasteiger partial charge in [0, 0.05) is 24.3 Å². The molecule has 5 nitrogen and oxygen atoms in total. The number of aryl methyl sites for hydroxylation is 1.